The highest BCUT2D eigenvalue weighted by molar-refractivity contribution is 6.07. The number of fused-ring (bicyclic) bond motifs is 1. The number of rotatable bonds is 7. The van der Waals surface area contributed by atoms with E-state index < -0.39 is 0 Å². The molecule has 34 heavy (non-hydrogen) atoms. The third-order valence-electron chi connectivity index (χ3n) is 6.41. The fraction of sp³-hybridized carbons (Fsp3) is 0.333. The van der Waals surface area contributed by atoms with Crippen molar-refractivity contribution in [3.05, 3.63) is 65.7 Å². The molecule has 3 aromatic rings. The Labute approximate surface area is 199 Å². The SMILES string of the molecule is COc1cc(OC)c(OC)cc1CNC(=O)C1CCN(C(=O)c2cccc3ccccc23)CC1. The number of ether oxygens (including phenoxy) is 3. The molecule has 7 nitrogen and oxygen atoms in total. The Hall–Kier alpha value is -3.74. The van der Waals surface area contributed by atoms with Crippen LogP contribution < -0.4 is 19.5 Å². The molecule has 178 valence electrons. The highest BCUT2D eigenvalue weighted by Crippen LogP contribution is 2.34. The molecule has 0 unspecified atom stereocenters. The summed E-state index contributed by atoms with van der Waals surface area (Å²) < 4.78 is 16.1. The second-order valence-corrected chi connectivity index (χ2v) is 8.33. The quantitative estimate of drug-likeness (QED) is 0.574. The Balaban J connectivity index is 1.36. The van der Waals surface area contributed by atoms with Gasteiger partial charge in [0, 0.05) is 42.7 Å². The average molecular weight is 463 g/mol. The summed E-state index contributed by atoms with van der Waals surface area (Å²) in [5, 5.41) is 5.02. The predicted octanol–water partition coefficient (Wildman–Crippen LogP) is 4.03. The van der Waals surface area contributed by atoms with E-state index in [2.05, 4.69) is 5.32 Å². The largest absolute Gasteiger partial charge is 0.496 e. The molecule has 1 aliphatic rings. The predicted molar refractivity (Wildman–Crippen MR) is 131 cm³/mol. The first-order valence-corrected chi connectivity index (χ1v) is 11.4. The van der Waals surface area contributed by atoms with E-state index in [1.807, 2.05) is 53.4 Å². The summed E-state index contributed by atoms with van der Waals surface area (Å²) in [6, 6.07) is 17.3. The van der Waals surface area contributed by atoms with Crippen LogP contribution in [0, 0.1) is 5.92 Å². The van der Waals surface area contributed by atoms with Gasteiger partial charge in [0.2, 0.25) is 5.91 Å². The fourth-order valence-electron chi connectivity index (χ4n) is 4.48. The van der Waals surface area contributed by atoms with Gasteiger partial charge >= 0.3 is 0 Å². The Morgan fingerprint density at radius 3 is 2.24 bits per heavy atom. The van der Waals surface area contributed by atoms with Crippen molar-refractivity contribution in [2.45, 2.75) is 19.4 Å². The van der Waals surface area contributed by atoms with E-state index in [1.165, 1.54) is 0 Å². The van der Waals surface area contributed by atoms with E-state index in [4.69, 9.17) is 14.2 Å². The lowest BCUT2D eigenvalue weighted by Gasteiger charge is -2.31. The molecule has 2 amide bonds. The number of piperidine rings is 1. The zero-order valence-electron chi connectivity index (χ0n) is 19.8. The molecule has 0 radical (unpaired) electrons. The molecule has 1 N–H and O–H groups in total. The number of amides is 2. The van der Waals surface area contributed by atoms with Crippen LogP contribution in [-0.2, 0) is 11.3 Å². The molecule has 4 rings (SSSR count). The van der Waals surface area contributed by atoms with Crippen LogP contribution in [0.1, 0.15) is 28.8 Å². The van der Waals surface area contributed by atoms with Crippen LogP contribution in [0.5, 0.6) is 17.2 Å². The van der Waals surface area contributed by atoms with Gasteiger partial charge in [0.05, 0.1) is 21.3 Å². The summed E-state index contributed by atoms with van der Waals surface area (Å²) in [6.07, 6.45) is 1.26. The number of hydrogen-bond acceptors (Lipinski definition) is 5. The Morgan fingerprint density at radius 1 is 0.882 bits per heavy atom. The van der Waals surface area contributed by atoms with Gasteiger partial charge in [0.25, 0.3) is 5.91 Å². The molecule has 1 fully saturated rings. The van der Waals surface area contributed by atoms with E-state index in [1.54, 1.807) is 27.4 Å². The maximum atomic E-state index is 13.2. The van der Waals surface area contributed by atoms with E-state index >= 15 is 0 Å². The fourth-order valence-corrected chi connectivity index (χ4v) is 4.48. The number of nitrogens with one attached hydrogen (secondary N) is 1. The minimum atomic E-state index is -0.136. The smallest absolute Gasteiger partial charge is 0.254 e. The van der Waals surface area contributed by atoms with E-state index in [0.717, 1.165) is 16.3 Å². The van der Waals surface area contributed by atoms with Crippen LogP contribution >= 0.6 is 0 Å². The summed E-state index contributed by atoms with van der Waals surface area (Å²) in [5.74, 6) is 1.63. The summed E-state index contributed by atoms with van der Waals surface area (Å²) >= 11 is 0. The molecule has 0 aliphatic carbocycles. The highest BCUT2D eigenvalue weighted by Gasteiger charge is 2.28. The Bertz CT molecular complexity index is 1180. The zero-order chi connectivity index (χ0) is 24.1. The maximum Gasteiger partial charge on any atom is 0.254 e. The first kappa shape index (κ1) is 23.4. The Morgan fingerprint density at radius 2 is 1.53 bits per heavy atom. The van der Waals surface area contributed by atoms with Crippen molar-refractivity contribution in [3.8, 4) is 17.2 Å². The summed E-state index contributed by atoms with van der Waals surface area (Å²) in [5.41, 5.74) is 1.51. The molecule has 1 saturated heterocycles. The molecule has 1 aliphatic heterocycles. The third-order valence-corrected chi connectivity index (χ3v) is 6.41. The number of carbonyl (C=O) groups excluding carboxylic acids is 2. The molecular weight excluding hydrogens is 432 g/mol. The van der Waals surface area contributed by atoms with Gasteiger partial charge in [-0.25, -0.2) is 0 Å². The molecule has 0 aromatic heterocycles. The third kappa shape index (κ3) is 4.78. The molecule has 0 spiro atoms. The second kappa shape index (κ2) is 10.5. The minimum Gasteiger partial charge on any atom is -0.496 e. The van der Waals surface area contributed by atoms with Gasteiger partial charge in [-0.2, -0.15) is 0 Å². The number of hydrogen-bond donors (Lipinski definition) is 1. The van der Waals surface area contributed by atoms with Crippen molar-refractivity contribution in [2.75, 3.05) is 34.4 Å². The molecule has 3 aromatic carbocycles. The minimum absolute atomic E-state index is 0.0192. The van der Waals surface area contributed by atoms with Crippen LogP contribution in [0.4, 0.5) is 0 Å². The summed E-state index contributed by atoms with van der Waals surface area (Å²) in [4.78, 5) is 27.9. The summed E-state index contributed by atoms with van der Waals surface area (Å²) in [6.45, 7) is 1.43. The lowest BCUT2D eigenvalue weighted by molar-refractivity contribution is -0.126. The van der Waals surface area contributed by atoms with Crippen molar-refractivity contribution in [3.63, 3.8) is 0 Å². The number of likely N-dealkylation sites (tertiary alicyclic amines) is 1. The van der Waals surface area contributed by atoms with Crippen LogP contribution in [0.2, 0.25) is 0 Å². The normalized spacial score (nSPS) is 14.0. The van der Waals surface area contributed by atoms with Gasteiger partial charge in [0.1, 0.15) is 5.75 Å². The van der Waals surface area contributed by atoms with Crippen molar-refractivity contribution < 1.29 is 23.8 Å². The molecule has 7 heteroatoms. The Kier molecular flexibility index (Phi) is 7.21. The first-order valence-electron chi connectivity index (χ1n) is 11.4. The topological polar surface area (TPSA) is 77.1 Å². The van der Waals surface area contributed by atoms with Crippen LogP contribution in [-0.4, -0.2) is 51.1 Å². The molecule has 0 bridgehead atoms. The van der Waals surface area contributed by atoms with Gasteiger partial charge in [-0.15, -0.1) is 0 Å². The van der Waals surface area contributed by atoms with E-state index in [9.17, 15) is 9.59 Å². The van der Waals surface area contributed by atoms with E-state index in [-0.39, 0.29) is 17.7 Å². The lowest BCUT2D eigenvalue weighted by Crippen LogP contribution is -2.43. The standard InChI is InChI=1S/C27H30N2O5/c1-32-23-16-25(34-3)24(33-2)15-20(23)17-28-26(30)19-11-13-29(14-12-19)27(31)22-10-6-8-18-7-4-5-9-21(18)22/h4-10,15-16,19H,11-14,17H2,1-3H3,(H,28,30). The average Bonchev–Trinajstić information content (AvgIpc) is 2.90. The highest BCUT2D eigenvalue weighted by atomic mass is 16.5. The monoisotopic (exact) mass is 462 g/mol. The number of nitrogens with zero attached hydrogens (tertiary/aromatic N) is 1. The second-order valence-electron chi connectivity index (χ2n) is 8.33. The van der Waals surface area contributed by atoms with Crippen molar-refractivity contribution in [2.24, 2.45) is 5.92 Å². The van der Waals surface area contributed by atoms with Gasteiger partial charge in [0.15, 0.2) is 11.5 Å². The maximum absolute atomic E-state index is 13.2. The van der Waals surface area contributed by atoms with Crippen molar-refractivity contribution >= 4 is 22.6 Å². The van der Waals surface area contributed by atoms with Gasteiger partial charge in [-0.05, 0) is 35.7 Å². The van der Waals surface area contributed by atoms with Gasteiger partial charge in [-0.3, -0.25) is 9.59 Å². The summed E-state index contributed by atoms with van der Waals surface area (Å²) in [7, 11) is 4.71. The number of methoxy groups -OCH3 is 3. The van der Waals surface area contributed by atoms with Gasteiger partial charge < -0.3 is 24.4 Å². The van der Waals surface area contributed by atoms with Crippen molar-refractivity contribution in [1.29, 1.82) is 0 Å². The van der Waals surface area contributed by atoms with Crippen LogP contribution in [0.25, 0.3) is 10.8 Å². The first-order chi connectivity index (χ1) is 16.5. The number of carbonyl (C=O) groups is 2. The molecule has 0 saturated carbocycles. The molecule has 1 heterocycles. The lowest BCUT2D eigenvalue weighted by atomic mass is 9.94. The molecule has 0 atom stereocenters. The number of benzene rings is 3. The van der Waals surface area contributed by atoms with Crippen molar-refractivity contribution in [1.82, 2.24) is 10.2 Å². The zero-order valence-corrected chi connectivity index (χ0v) is 19.8. The van der Waals surface area contributed by atoms with Gasteiger partial charge in [-0.1, -0.05) is 36.4 Å². The van der Waals surface area contributed by atoms with E-state index in [0.29, 0.717) is 55.3 Å². The van der Waals surface area contributed by atoms with Crippen LogP contribution in [0.3, 0.4) is 0 Å². The molecular formula is C27H30N2O5. The van der Waals surface area contributed by atoms with Crippen LogP contribution in [0.15, 0.2) is 54.6 Å².